The average molecular weight is 403 g/mol. The first-order chi connectivity index (χ1) is 14.6. The minimum absolute atomic E-state index is 0.135. The Morgan fingerprint density at radius 3 is 2.73 bits per heavy atom. The van der Waals surface area contributed by atoms with Crippen LogP contribution in [-0.4, -0.2) is 59.3 Å². The highest BCUT2D eigenvalue weighted by Gasteiger charge is 2.36. The van der Waals surface area contributed by atoms with Gasteiger partial charge in [-0.1, -0.05) is 18.2 Å². The molecule has 0 saturated heterocycles. The third-order valence-electron chi connectivity index (χ3n) is 5.91. The first-order valence-electron chi connectivity index (χ1n) is 9.95. The maximum Gasteiger partial charge on any atom is 0.261 e. The molecule has 7 heteroatoms. The molecule has 2 aliphatic heterocycles. The van der Waals surface area contributed by atoms with E-state index in [0.29, 0.717) is 24.2 Å². The standard InChI is InChI=1S/C23H21N3O4/c1-30-11-10-26-22(28)16-7-6-14(12-17(16)23(26)29)21(27)25-9-8-20-18(13-25)15-4-2-3-5-19(15)24-20/h2-7,12,24H,8-11,13H2,1H3. The first-order valence-corrected chi connectivity index (χ1v) is 9.95. The molecule has 0 fully saturated rings. The van der Waals surface area contributed by atoms with Crippen LogP contribution in [0.1, 0.15) is 42.3 Å². The number of aromatic nitrogens is 1. The third-order valence-corrected chi connectivity index (χ3v) is 5.91. The maximum absolute atomic E-state index is 13.2. The van der Waals surface area contributed by atoms with E-state index in [2.05, 4.69) is 11.1 Å². The molecule has 7 nitrogen and oxygen atoms in total. The zero-order valence-corrected chi connectivity index (χ0v) is 16.6. The lowest BCUT2D eigenvalue weighted by atomic mass is 10.0. The number of aromatic amines is 1. The lowest BCUT2D eigenvalue weighted by Gasteiger charge is -2.27. The van der Waals surface area contributed by atoms with Crippen LogP contribution < -0.4 is 0 Å². The van der Waals surface area contributed by atoms with E-state index in [1.807, 2.05) is 18.2 Å². The van der Waals surface area contributed by atoms with Gasteiger partial charge in [-0.3, -0.25) is 19.3 Å². The molecule has 152 valence electrons. The number of para-hydroxylation sites is 1. The van der Waals surface area contributed by atoms with Crippen molar-refractivity contribution in [3.63, 3.8) is 0 Å². The summed E-state index contributed by atoms with van der Waals surface area (Å²) in [5.41, 5.74) is 4.44. The van der Waals surface area contributed by atoms with Crippen LogP contribution in [0, 0.1) is 0 Å². The minimum atomic E-state index is -0.376. The van der Waals surface area contributed by atoms with Crippen molar-refractivity contribution in [1.29, 1.82) is 0 Å². The summed E-state index contributed by atoms with van der Waals surface area (Å²) in [5.74, 6) is -0.851. The summed E-state index contributed by atoms with van der Waals surface area (Å²) in [7, 11) is 1.52. The number of hydrogen-bond donors (Lipinski definition) is 1. The third kappa shape index (κ3) is 2.81. The molecule has 0 atom stereocenters. The molecule has 1 N–H and O–H groups in total. The number of methoxy groups -OCH3 is 1. The van der Waals surface area contributed by atoms with Crippen molar-refractivity contribution in [2.75, 3.05) is 26.8 Å². The fraction of sp³-hybridized carbons (Fsp3) is 0.261. The number of benzene rings is 2. The van der Waals surface area contributed by atoms with E-state index in [9.17, 15) is 14.4 Å². The highest BCUT2D eigenvalue weighted by molar-refractivity contribution is 6.22. The van der Waals surface area contributed by atoms with Crippen molar-refractivity contribution in [1.82, 2.24) is 14.8 Å². The van der Waals surface area contributed by atoms with Crippen LogP contribution in [0.2, 0.25) is 0 Å². The topological polar surface area (TPSA) is 82.7 Å². The monoisotopic (exact) mass is 403 g/mol. The van der Waals surface area contributed by atoms with Crippen molar-refractivity contribution >= 4 is 28.6 Å². The number of carbonyl (C=O) groups excluding carboxylic acids is 3. The Morgan fingerprint density at radius 1 is 1.10 bits per heavy atom. The second kappa shape index (κ2) is 7.11. The summed E-state index contributed by atoms with van der Waals surface area (Å²) in [6.07, 6.45) is 0.753. The van der Waals surface area contributed by atoms with Crippen molar-refractivity contribution < 1.29 is 19.1 Å². The fourth-order valence-corrected chi connectivity index (χ4v) is 4.33. The Balaban J connectivity index is 1.41. The smallest absolute Gasteiger partial charge is 0.261 e. The molecule has 2 aliphatic rings. The van der Waals surface area contributed by atoms with Crippen LogP contribution in [0.4, 0.5) is 0 Å². The van der Waals surface area contributed by atoms with E-state index in [-0.39, 0.29) is 36.4 Å². The number of hydrogen-bond acceptors (Lipinski definition) is 4. The van der Waals surface area contributed by atoms with Gasteiger partial charge in [0.15, 0.2) is 0 Å². The predicted molar refractivity (Wildman–Crippen MR) is 110 cm³/mol. The Kier molecular flexibility index (Phi) is 4.40. The second-order valence-corrected chi connectivity index (χ2v) is 7.62. The second-order valence-electron chi connectivity index (χ2n) is 7.62. The molecule has 1 aromatic heterocycles. The van der Waals surface area contributed by atoms with Crippen LogP contribution in [-0.2, 0) is 17.7 Å². The molecule has 3 heterocycles. The number of H-pyrrole nitrogens is 1. The molecular weight excluding hydrogens is 382 g/mol. The quantitative estimate of drug-likeness (QED) is 0.679. The van der Waals surface area contributed by atoms with E-state index < -0.39 is 0 Å². The molecule has 0 radical (unpaired) electrons. The largest absolute Gasteiger partial charge is 0.383 e. The van der Waals surface area contributed by atoms with Gasteiger partial charge in [-0.15, -0.1) is 0 Å². The molecule has 2 aromatic carbocycles. The molecule has 0 aliphatic carbocycles. The van der Waals surface area contributed by atoms with Gasteiger partial charge in [-0.2, -0.15) is 0 Å². The number of ether oxygens (including phenoxy) is 1. The van der Waals surface area contributed by atoms with E-state index in [0.717, 1.165) is 22.9 Å². The average Bonchev–Trinajstić information content (AvgIpc) is 3.26. The normalized spacial score (nSPS) is 15.6. The zero-order valence-electron chi connectivity index (χ0n) is 16.6. The lowest BCUT2D eigenvalue weighted by Crippen LogP contribution is -2.35. The summed E-state index contributed by atoms with van der Waals surface area (Å²) < 4.78 is 4.98. The number of nitrogens with zero attached hydrogens (tertiary/aromatic N) is 2. The van der Waals surface area contributed by atoms with Crippen molar-refractivity contribution in [2.45, 2.75) is 13.0 Å². The van der Waals surface area contributed by atoms with Gasteiger partial charge < -0.3 is 14.6 Å². The highest BCUT2D eigenvalue weighted by atomic mass is 16.5. The van der Waals surface area contributed by atoms with Crippen molar-refractivity contribution in [2.24, 2.45) is 0 Å². The summed E-state index contributed by atoms with van der Waals surface area (Å²) >= 11 is 0. The van der Waals surface area contributed by atoms with Gasteiger partial charge in [0.1, 0.15) is 0 Å². The van der Waals surface area contributed by atoms with E-state index in [1.165, 1.54) is 17.7 Å². The highest BCUT2D eigenvalue weighted by Crippen LogP contribution is 2.29. The van der Waals surface area contributed by atoms with Gasteiger partial charge in [-0.05, 0) is 24.3 Å². The van der Waals surface area contributed by atoms with E-state index >= 15 is 0 Å². The minimum Gasteiger partial charge on any atom is -0.383 e. The number of fused-ring (bicyclic) bond motifs is 4. The summed E-state index contributed by atoms with van der Waals surface area (Å²) in [4.78, 5) is 44.7. The van der Waals surface area contributed by atoms with Crippen molar-refractivity contribution in [3.8, 4) is 0 Å². The molecule has 3 amide bonds. The molecule has 0 unspecified atom stereocenters. The van der Waals surface area contributed by atoms with Gasteiger partial charge in [0, 0.05) is 54.3 Å². The van der Waals surface area contributed by atoms with Crippen LogP contribution in [0.15, 0.2) is 42.5 Å². The van der Waals surface area contributed by atoms with Gasteiger partial charge >= 0.3 is 0 Å². The number of imide groups is 1. The van der Waals surface area contributed by atoms with Gasteiger partial charge in [-0.25, -0.2) is 0 Å². The van der Waals surface area contributed by atoms with Gasteiger partial charge in [0.05, 0.1) is 24.3 Å². The van der Waals surface area contributed by atoms with Gasteiger partial charge in [0.25, 0.3) is 17.7 Å². The van der Waals surface area contributed by atoms with Crippen LogP contribution in [0.3, 0.4) is 0 Å². The SMILES string of the molecule is COCCN1C(=O)c2ccc(C(=O)N3CCc4[nH]c5ccccc5c4C3)cc2C1=O. The van der Waals surface area contributed by atoms with E-state index in [1.54, 1.807) is 23.1 Å². The number of rotatable bonds is 4. The number of nitrogens with one attached hydrogen (secondary N) is 1. The fourth-order valence-electron chi connectivity index (χ4n) is 4.33. The Hall–Kier alpha value is -3.45. The van der Waals surface area contributed by atoms with Crippen molar-refractivity contribution in [3.05, 3.63) is 70.4 Å². The zero-order chi connectivity index (χ0) is 20.8. The Morgan fingerprint density at radius 2 is 1.90 bits per heavy atom. The van der Waals surface area contributed by atoms with E-state index in [4.69, 9.17) is 4.74 Å². The molecule has 5 rings (SSSR count). The van der Waals surface area contributed by atoms with Gasteiger partial charge in [0.2, 0.25) is 0 Å². The summed E-state index contributed by atoms with van der Waals surface area (Å²) in [6, 6.07) is 12.9. The molecular formula is C23H21N3O4. The number of carbonyl (C=O) groups is 3. The van der Waals surface area contributed by atoms with Crippen LogP contribution in [0.5, 0.6) is 0 Å². The first kappa shape index (κ1) is 18.6. The molecule has 0 saturated carbocycles. The molecule has 0 spiro atoms. The predicted octanol–water partition coefficient (Wildman–Crippen LogP) is 2.61. The van der Waals surface area contributed by atoms with Crippen LogP contribution in [0.25, 0.3) is 10.9 Å². The maximum atomic E-state index is 13.2. The summed E-state index contributed by atoms with van der Waals surface area (Å²) in [5, 5.41) is 1.13. The number of amides is 3. The molecule has 3 aromatic rings. The summed E-state index contributed by atoms with van der Waals surface area (Å²) in [6.45, 7) is 1.59. The Bertz CT molecular complexity index is 1200. The Labute approximate surface area is 173 Å². The lowest BCUT2D eigenvalue weighted by molar-refractivity contribution is 0.0603. The molecule has 30 heavy (non-hydrogen) atoms. The van der Waals surface area contributed by atoms with Crippen LogP contribution >= 0.6 is 0 Å². The molecule has 0 bridgehead atoms.